The maximum atomic E-state index is 5.14. The quantitative estimate of drug-likeness (QED) is 0.423. The molecule has 0 aromatic carbocycles. The molecule has 0 amide bonds. The second-order valence-corrected chi connectivity index (χ2v) is 2.83. The molecule has 2 rings (SSSR count). The topological polar surface area (TPSA) is 79.6 Å². The van der Waals surface area contributed by atoms with Gasteiger partial charge in [0.2, 0.25) is 5.95 Å². The van der Waals surface area contributed by atoms with Crippen LogP contribution in [0.5, 0.6) is 0 Å². The number of H-pyrrole nitrogens is 1. The number of nitrogens with zero attached hydrogens (tertiary/aromatic N) is 2. The van der Waals surface area contributed by atoms with Gasteiger partial charge in [-0.15, -0.1) is 10.2 Å². The summed E-state index contributed by atoms with van der Waals surface area (Å²) in [7, 11) is 0. The second kappa shape index (κ2) is 2.50. The Morgan fingerprint density at radius 1 is 1.45 bits per heavy atom. The molecule has 0 saturated heterocycles. The Morgan fingerprint density at radius 3 is 2.73 bits per heavy atom. The van der Waals surface area contributed by atoms with Crippen LogP contribution in [-0.2, 0) is 0 Å². The lowest BCUT2D eigenvalue weighted by atomic mass is 9.85. The zero-order valence-electron chi connectivity index (χ0n) is 6.17. The molecule has 1 fully saturated rings. The smallest absolute Gasteiger partial charge is 0.236 e. The van der Waals surface area contributed by atoms with E-state index in [-0.39, 0.29) is 0 Å². The molecule has 0 unspecified atom stereocenters. The van der Waals surface area contributed by atoms with Crippen LogP contribution in [0.15, 0.2) is 0 Å². The van der Waals surface area contributed by atoms with Gasteiger partial charge in [-0.1, -0.05) is 6.42 Å². The SMILES string of the molecule is NNc1nnc(C2CCC2)[nH]1. The molecule has 1 heterocycles. The summed E-state index contributed by atoms with van der Waals surface area (Å²) in [5, 5.41) is 7.76. The Hall–Kier alpha value is -1.10. The molecule has 0 spiro atoms. The summed E-state index contributed by atoms with van der Waals surface area (Å²) in [6, 6.07) is 0. The van der Waals surface area contributed by atoms with Crippen molar-refractivity contribution < 1.29 is 0 Å². The average molecular weight is 153 g/mol. The fourth-order valence-electron chi connectivity index (χ4n) is 1.21. The van der Waals surface area contributed by atoms with Crippen molar-refractivity contribution in [3.8, 4) is 0 Å². The van der Waals surface area contributed by atoms with Crippen LogP contribution < -0.4 is 11.3 Å². The van der Waals surface area contributed by atoms with Crippen LogP contribution in [0.25, 0.3) is 0 Å². The molecule has 5 heteroatoms. The number of nitrogens with two attached hydrogens (primary N) is 1. The average Bonchev–Trinajstić information content (AvgIpc) is 2.32. The van der Waals surface area contributed by atoms with Crippen molar-refractivity contribution in [2.75, 3.05) is 5.43 Å². The molecule has 5 nitrogen and oxygen atoms in total. The fourth-order valence-corrected chi connectivity index (χ4v) is 1.21. The van der Waals surface area contributed by atoms with Crippen LogP contribution in [0.2, 0.25) is 0 Å². The Bertz CT molecular complexity index is 239. The highest BCUT2D eigenvalue weighted by Crippen LogP contribution is 2.34. The number of aromatic amines is 1. The van der Waals surface area contributed by atoms with Gasteiger partial charge in [0.25, 0.3) is 0 Å². The molecule has 0 bridgehead atoms. The standard InChI is InChI=1S/C6H11N5/c7-9-6-8-5(10-11-6)4-2-1-3-4/h4H,1-3,7H2,(H2,8,9,10,11). The summed E-state index contributed by atoms with van der Waals surface area (Å²) >= 11 is 0. The van der Waals surface area contributed by atoms with Crippen LogP contribution in [0, 0.1) is 0 Å². The Balaban J connectivity index is 2.11. The van der Waals surface area contributed by atoms with Crippen molar-refractivity contribution in [1.82, 2.24) is 15.2 Å². The Labute approximate surface area is 64.4 Å². The summed E-state index contributed by atoms with van der Waals surface area (Å²) < 4.78 is 0. The second-order valence-electron chi connectivity index (χ2n) is 2.83. The van der Waals surface area contributed by atoms with Crippen molar-refractivity contribution in [2.24, 2.45) is 5.84 Å². The maximum Gasteiger partial charge on any atom is 0.236 e. The number of rotatable bonds is 2. The molecule has 1 aromatic rings. The zero-order chi connectivity index (χ0) is 7.68. The third-order valence-corrected chi connectivity index (χ3v) is 2.13. The zero-order valence-corrected chi connectivity index (χ0v) is 6.17. The summed E-state index contributed by atoms with van der Waals surface area (Å²) in [4.78, 5) is 3.01. The highest BCUT2D eigenvalue weighted by atomic mass is 15.4. The first-order valence-electron chi connectivity index (χ1n) is 3.79. The molecular formula is C6H11N5. The van der Waals surface area contributed by atoms with Gasteiger partial charge in [0.15, 0.2) is 0 Å². The largest absolute Gasteiger partial charge is 0.310 e. The predicted octanol–water partition coefficient (Wildman–Crippen LogP) is 0.358. The number of hydrogen-bond acceptors (Lipinski definition) is 4. The molecule has 1 aromatic heterocycles. The van der Waals surface area contributed by atoms with Gasteiger partial charge in [-0.25, -0.2) is 5.84 Å². The minimum absolute atomic E-state index is 0.548. The van der Waals surface area contributed by atoms with Crippen molar-refractivity contribution in [1.29, 1.82) is 0 Å². The lowest BCUT2D eigenvalue weighted by Crippen LogP contribution is -2.11. The van der Waals surface area contributed by atoms with E-state index in [1.165, 1.54) is 19.3 Å². The molecular weight excluding hydrogens is 142 g/mol. The fraction of sp³-hybridized carbons (Fsp3) is 0.667. The maximum absolute atomic E-state index is 5.14. The van der Waals surface area contributed by atoms with Crippen LogP contribution in [0.4, 0.5) is 5.95 Å². The lowest BCUT2D eigenvalue weighted by Gasteiger charge is -2.21. The number of hydrogen-bond donors (Lipinski definition) is 3. The first kappa shape index (κ1) is 6.60. The summed E-state index contributed by atoms with van der Waals surface area (Å²) in [6.45, 7) is 0. The van der Waals surface area contributed by atoms with Gasteiger partial charge < -0.3 is 4.98 Å². The van der Waals surface area contributed by atoms with E-state index < -0.39 is 0 Å². The molecule has 1 aliphatic rings. The Morgan fingerprint density at radius 2 is 2.27 bits per heavy atom. The van der Waals surface area contributed by atoms with E-state index in [1.807, 2.05) is 0 Å². The monoisotopic (exact) mass is 153 g/mol. The molecule has 1 aliphatic carbocycles. The minimum Gasteiger partial charge on any atom is -0.310 e. The van der Waals surface area contributed by atoms with E-state index >= 15 is 0 Å². The number of nitrogens with one attached hydrogen (secondary N) is 2. The predicted molar refractivity (Wildman–Crippen MR) is 40.8 cm³/mol. The Kier molecular flexibility index (Phi) is 1.50. The van der Waals surface area contributed by atoms with Crippen LogP contribution >= 0.6 is 0 Å². The van der Waals surface area contributed by atoms with Crippen LogP contribution in [-0.4, -0.2) is 15.2 Å². The first-order chi connectivity index (χ1) is 5.40. The normalized spacial score (nSPS) is 17.9. The summed E-state index contributed by atoms with van der Waals surface area (Å²) in [6.07, 6.45) is 3.75. The number of nitrogen functional groups attached to an aromatic ring is 1. The van der Waals surface area contributed by atoms with E-state index in [9.17, 15) is 0 Å². The van der Waals surface area contributed by atoms with Gasteiger partial charge >= 0.3 is 0 Å². The van der Waals surface area contributed by atoms with Gasteiger partial charge in [-0.3, -0.25) is 5.43 Å². The van der Waals surface area contributed by atoms with Crippen LogP contribution in [0.3, 0.4) is 0 Å². The molecule has 0 aliphatic heterocycles. The van der Waals surface area contributed by atoms with E-state index in [1.54, 1.807) is 0 Å². The van der Waals surface area contributed by atoms with E-state index in [2.05, 4.69) is 20.6 Å². The molecule has 4 N–H and O–H groups in total. The van der Waals surface area contributed by atoms with Gasteiger partial charge in [0.1, 0.15) is 5.82 Å². The highest BCUT2D eigenvalue weighted by molar-refractivity contribution is 5.21. The van der Waals surface area contributed by atoms with E-state index in [4.69, 9.17) is 5.84 Å². The molecule has 60 valence electrons. The van der Waals surface area contributed by atoms with Gasteiger partial charge in [-0.05, 0) is 12.8 Å². The highest BCUT2D eigenvalue weighted by Gasteiger charge is 2.22. The van der Waals surface area contributed by atoms with Crippen molar-refractivity contribution in [3.05, 3.63) is 5.82 Å². The number of aromatic nitrogens is 3. The molecule has 0 atom stereocenters. The van der Waals surface area contributed by atoms with Gasteiger partial charge in [0, 0.05) is 5.92 Å². The van der Waals surface area contributed by atoms with E-state index in [0.29, 0.717) is 11.9 Å². The van der Waals surface area contributed by atoms with Gasteiger partial charge in [-0.2, -0.15) is 0 Å². The third-order valence-electron chi connectivity index (χ3n) is 2.13. The molecule has 0 radical (unpaired) electrons. The number of anilines is 1. The van der Waals surface area contributed by atoms with Gasteiger partial charge in [0.05, 0.1) is 0 Å². The first-order valence-corrected chi connectivity index (χ1v) is 3.79. The third kappa shape index (κ3) is 1.07. The molecule has 11 heavy (non-hydrogen) atoms. The molecule has 1 saturated carbocycles. The minimum atomic E-state index is 0.548. The number of hydrazine groups is 1. The van der Waals surface area contributed by atoms with E-state index in [0.717, 1.165) is 5.82 Å². The van der Waals surface area contributed by atoms with Crippen molar-refractivity contribution in [2.45, 2.75) is 25.2 Å². The van der Waals surface area contributed by atoms with Crippen LogP contribution in [0.1, 0.15) is 31.0 Å². The van der Waals surface area contributed by atoms with Crippen molar-refractivity contribution in [3.63, 3.8) is 0 Å². The summed E-state index contributed by atoms with van der Waals surface area (Å²) in [5.41, 5.74) is 2.42. The lowest BCUT2D eigenvalue weighted by molar-refractivity contribution is 0.402. The van der Waals surface area contributed by atoms with Crippen molar-refractivity contribution >= 4 is 5.95 Å². The summed E-state index contributed by atoms with van der Waals surface area (Å²) in [5.74, 6) is 7.24.